The van der Waals surface area contributed by atoms with Crippen LogP contribution in [0.4, 0.5) is 0 Å². The van der Waals surface area contributed by atoms with E-state index < -0.39 is 0 Å². The fourth-order valence-corrected chi connectivity index (χ4v) is 2.49. The van der Waals surface area contributed by atoms with E-state index in [1.807, 2.05) is 17.0 Å². The van der Waals surface area contributed by atoms with Crippen LogP contribution in [0.15, 0.2) is 47.1 Å². The molecule has 2 N–H and O–H groups in total. The van der Waals surface area contributed by atoms with Crippen LogP contribution in [0, 0.1) is 0 Å². The number of piperazine rings is 1. The van der Waals surface area contributed by atoms with Gasteiger partial charge in [-0.2, -0.15) is 0 Å². The van der Waals surface area contributed by atoms with E-state index in [-0.39, 0.29) is 17.6 Å². The Bertz CT molecular complexity index is 659. The maximum Gasteiger partial charge on any atom is 0.287 e. The molecule has 0 saturated carbocycles. The van der Waals surface area contributed by atoms with E-state index in [1.165, 1.54) is 6.26 Å². The van der Waals surface area contributed by atoms with Crippen LogP contribution >= 0.6 is 0 Å². The Labute approximate surface area is 134 Å². The first kappa shape index (κ1) is 15.3. The second kappa shape index (κ2) is 7.11. The zero-order valence-electron chi connectivity index (χ0n) is 12.7. The van der Waals surface area contributed by atoms with Crippen molar-refractivity contribution >= 4 is 11.8 Å². The molecule has 0 atom stereocenters. The molecular weight excluding hydrogens is 294 g/mol. The summed E-state index contributed by atoms with van der Waals surface area (Å²) < 4.78 is 5.03. The highest BCUT2D eigenvalue weighted by Crippen LogP contribution is 2.09. The van der Waals surface area contributed by atoms with Gasteiger partial charge in [0.05, 0.1) is 6.26 Å². The summed E-state index contributed by atoms with van der Waals surface area (Å²) in [6, 6.07) is 10.6. The molecule has 3 rings (SSSR count). The molecule has 1 fully saturated rings. The summed E-state index contributed by atoms with van der Waals surface area (Å²) >= 11 is 0. The van der Waals surface area contributed by atoms with Crippen LogP contribution in [0.5, 0.6) is 0 Å². The number of carbonyl (C=O) groups excluding carboxylic acids is 2. The van der Waals surface area contributed by atoms with Gasteiger partial charge in [-0.05, 0) is 29.8 Å². The Morgan fingerprint density at radius 2 is 1.87 bits per heavy atom. The Kier molecular flexibility index (Phi) is 4.73. The van der Waals surface area contributed by atoms with Crippen LogP contribution in [-0.4, -0.2) is 42.9 Å². The Hall–Kier alpha value is -2.60. The van der Waals surface area contributed by atoms with Gasteiger partial charge in [0, 0.05) is 38.3 Å². The molecule has 0 bridgehead atoms. The lowest BCUT2D eigenvalue weighted by Crippen LogP contribution is -2.46. The van der Waals surface area contributed by atoms with Gasteiger partial charge in [-0.1, -0.05) is 12.1 Å². The van der Waals surface area contributed by atoms with Crippen LogP contribution in [0.3, 0.4) is 0 Å². The summed E-state index contributed by atoms with van der Waals surface area (Å²) in [5, 5.41) is 6.00. The first-order valence-electron chi connectivity index (χ1n) is 7.65. The quantitative estimate of drug-likeness (QED) is 0.891. The summed E-state index contributed by atoms with van der Waals surface area (Å²) in [5.74, 6) is 0.0872. The van der Waals surface area contributed by atoms with Gasteiger partial charge in [0.1, 0.15) is 0 Å². The highest BCUT2D eigenvalue weighted by Gasteiger charge is 2.17. The summed E-state index contributed by atoms with van der Waals surface area (Å²) in [5.41, 5.74) is 1.61. The minimum Gasteiger partial charge on any atom is -0.459 e. The van der Waals surface area contributed by atoms with Gasteiger partial charge in [0.2, 0.25) is 0 Å². The molecule has 120 valence electrons. The normalized spacial score (nSPS) is 14.5. The number of carbonyl (C=O) groups is 2. The highest BCUT2D eigenvalue weighted by atomic mass is 16.3. The molecule has 0 radical (unpaired) electrons. The van der Waals surface area contributed by atoms with Crippen LogP contribution in [0.25, 0.3) is 0 Å². The number of nitrogens with one attached hydrogen (secondary N) is 2. The van der Waals surface area contributed by atoms with Crippen molar-refractivity contribution < 1.29 is 14.0 Å². The van der Waals surface area contributed by atoms with E-state index in [2.05, 4.69) is 10.6 Å². The number of nitrogens with zero attached hydrogens (tertiary/aromatic N) is 1. The Balaban J connectivity index is 1.56. The van der Waals surface area contributed by atoms with E-state index >= 15 is 0 Å². The van der Waals surface area contributed by atoms with Crippen molar-refractivity contribution in [3.63, 3.8) is 0 Å². The van der Waals surface area contributed by atoms with Gasteiger partial charge in [0.15, 0.2) is 5.76 Å². The lowest BCUT2D eigenvalue weighted by molar-refractivity contribution is 0.0735. The molecular formula is C17H19N3O3. The fraction of sp³-hybridized carbons (Fsp3) is 0.294. The van der Waals surface area contributed by atoms with E-state index in [9.17, 15) is 9.59 Å². The zero-order valence-corrected chi connectivity index (χ0v) is 12.7. The lowest BCUT2D eigenvalue weighted by Gasteiger charge is -2.27. The minimum absolute atomic E-state index is 0.0534. The van der Waals surface area contributed by atoms with Crippen molar-refractivity contribution in [3.8, 4) is 0 Å². The number of hydrogen-bond donors (Lipinski definition) is 2. The monoisotopic (exact) mass is 313 g/mol. The van der Waals surface area contributed by atoms with Crippen LogP contribution in [-0.2, 0) is 6.54 Å². The van der Waals surface area contributed by atoms with Crippen molar-refractivity contribution in [2.75, 3.05) is 26.2 Å². The first-order valence-corrected chi connectivity index (χ1v) is 7.65. The largest absolute Gasteiger partial charge is 0.459 e. The summed E-state index contributed by atoms with van der Waals surface area (Å²) in [4.78, 5) is 26.0. The number of benzene rings is 1. The van der Waals surface area contributed by atoms with E-state index in [4.69, 9.17) is 4.42 Å². The fourth-order valence-electron chi connectivity index (χ4n) is 2.49. The van der Waals surface area contributed by atoms with Gasteiger partial charge < -0.3 is 20.0 Å². The molecule has 6 heteroatoms. The van der Waals surface area contributed by atoms with E-state index in [0.29, 0.717) is 12.1 Å². The van der Waals surface area contributed by atoms with Crippen molar-refractivity contribution in [3.05, 3.63) is 59.5 Å². The Morgan fingerprint density at radius 1 is 1.13 bits per heavy atom. The van der Waals surface area contributed by atoms with Gasteiger partial charge in [0.25, 0.3) is 11.8 Å². The Morgan fingerprint density at radius 3 is 2.52 bits per heavy atom. The second-order valence-electron chi connectivity index (χ2n) is 5.40. The second-order valence-corrected chi connectivity index (χ2v) is 5.40. The van der Waals surface area contributed by atoms with E-state index in [0.717, 1.165) is 31.7 Å². The van der Waals surface area contributed by atoms with Gasteiger partial charge in [-0.3, -0.25) is 9.59 Å². The van der Waals surface area contributed by atoms with Gasteiger partial charge in [-0.15, -0.1) is 0 Å². The van der Waals surface area contributed by atoms with Crippen molar-refractivity contribution in [1.29, 1.82) is 0 Å². The number of hydrogen-bond acceptors (Lipinski definition) is 4. The zero-order chi connectivity index (χ0) is 16.1. The number of rotatable bonds is 4. The van der Waals surface area contributed by atoms with Crippen LogP contribution < -0.4 is 10.6 Å². The van der Waals surface area contributed by atoms with E-state index in [1.54, 1.807) is 24.3 Å². The SMILES string of the molecule is O=C(NCc1ccc(C(=O)N2CCNCC2)cc1)c1ccco1. The average Bonchev–Trinajstić information content (AvgIpc) is 3.15. The molecule has 0 spiro atoms. The van der Waals surface area contributed by atoms with Crippen LogP contribution in [0.2, 0.25) is 0 Å². The smallest absolute Gasteiger partial charge is 0.287 e. The maximum absolute atomic E-state index is 12.3. The lowest BCUT2D eigenvalue weighted by atomic mass is 10.1. The molecule has 1 aromatic heterocycles. The molecule has 1 aliphatic rings. The molecule has 1 aromatic carbocycles. The topological polar surface area (TPSA) is 74.6 Å². The van der Waals surface area contributed by atoms with Crippen LogP contribution in [0.1, 0.15) is 26.5 Å². The van der Waals surface area contributed by atoms with Crippen molar-refractivity contribution in [2.45, 2.75) is 6.54 Å². The molecule has 1 aliphatic heterocycles. The third-order valence-electron chi connectivity index (χ3n) is 3.80. The molecule has 2 aromatic rings. The summed E-state index contributed by atoms with van der Waals surface area (Å²) in [6.45, 7) is 3.53. The van der Waals surface area contributed by atoms with Crippen molar-refractivity contribution in [2.24, 2.45) is 0 Å². The molecule has 6 nitrogen and oxygen atoms in total. The number of amides is 2. The standard InChI is InChI=1S/C17H19N3O3/c21-16(15-2-1-11-23-15)19-12-13-3-5-14(6-4-13)17(22)20-9-7-18-8-10-20/h1-6,11,18H,7-10,12H2,(H,19,21). The average molecular weight is 313 g/mol. The predicted octanol–water partition coefficient (Wildman–Crippen LogP) is 1.26. The van der Waals surface area contributed by atoms with Gasteiger partial charge >= 0.3 is 0 Å². The summed E-state index contributed by atoms with van der Waals surface area (Å²) in [7, 11) is 0. The number of furan rings is 1. The summed E-state index contributed by atoms with van der Waals surface area (Å²) in [6.07, 6.45) is 1.46. The first-order chi connectivity index (χ1) is 11.2. The third kappa shape index (κ3) is 3.78. The molecule has 1 saturated heterocycles. The highest BCUT2D eigenvalue weighted by molar-refractivity contribution is 5.94. The molecule has 2 heterocycles. The predicted molar refractivity (Wildman–Crippen MR) is 85.1 cm³/mol. The molecule has 0 aliphatic carbocycles. The third-order valence-corrected chi connectivity index (χ3v) is 3.80. The molecule has 2 amide bonds. The molecule has 23 heavy (non-hydrogen) atoms. The van der Waals surface area contributed by atoms with Gasteiger partial charge in [-0.25, -0.2) is 0 Å². The maximum atomic E-state index is 12.3. The molecule has 0 unspecified atom stereocenters. The van der Waals surface area contributed by atoms with Crippen molar-refractivity contribution in [1.82, 2.24) is 15.5 Å². The minimum atomic E-state index is -0.254.